The van der Waals surface area contributed by atoms with Crippen LogP contribution in [0.4, 0.5) is 4.39 Å². The van der Waals surface area contributed by atoms with Crippen LogP contribution in [0.5, 0.6) is 5.75 Å². The maximum atomic E-state index is 13.6. The van der Waals surface area contributed by atoms with Crippen molar-refractivity contribution in [2.45, 2.75) is 25.4 Å². The summed E-state index contributed by atoms with van der Waals surface area (Å²) in [6, 6.07) is 4.61. The van der Waals surface area contributed by atoms with Gasteiger partial charge in [-0.2, -0.15) is 0 Å². The van der Waals surface area contributed by atoms with Gasteiger partial charge in [-0.05, 0) is 36.5 Å². The Bertz CT molecular complexity index is 548. The van der Waals surface area contributed by atoms with Crippen LogP contribution >= 0.6 is 0 Å². The Labute approximate surface area is 123 Å². The van der Waals surface area contributed by atoms with Crippen LogP contribution in [0.3, 0.4) is 0 Å². The number of hydrogen-bond donors (Lipinski definition) is 1. The number of hydrogen-bond acceptors (Lipinski definition) is 3. The van der Waals surface area contributed by atoms with E-state index >= 15 is 0 Å². The van der Waals surface area contributed by atoms with Crippen LogP contribution in [-0.4, -0.2) is 42.2 Å². The fraction of sp³-hybridized carbons (Fsp3) is 0.562. The minimum atomic E-state index is -0.448. The Morgan fingerprint density at radius 1 is 1.43 bits per heavy atom. The third-order valence-electron chi connectivity index (χ3n) is 4.74. The fourth-order valence-electron chi connectivity index (χ4n) is 3.55. The second kappa shape index (κ2) is 5.64. The standard InChI is InChI=1S/C16H20FNO3/c1-21-15-5-2-10(6-13(15)17)7-16(20)18-8-11-3-4-14(19)12(11)9-18/h2,5-6,11-12,14,19H,3-4,7-9H2,1H3. The van der Waals surface area contributed by atoms with Crippen LogP contribution in [0.2, 0.25) is 0 Å². The number of aliphatic hydroxyl groups excluding tert-OH is 1. The summed E-state index contributed by atoms with van der Waals surface area (Å²) < 4.78 is 18.5. The van der Waals surface area contributed by atoms with Crippen LogP contribution in [0.25, 0.3) is 0 Å². The third kappa shape index (κ3) is 2.75. The summed E-state index contributed by atoms with van der Waals surface area (Å²) >= 11 is 0. The van der Waals surface area contributed by atoms with Crippen LogP contribution in [-0.2, 0) is 11.2 Å². The number of amides is 1. The molecule has 1 aliphatic carbocycles. The van der Waals surface area contributed by atoms with Crippen LogP contribution < -0.4 is 4.74 Å². The molecule has 1 aromatic rings. The number of ether oxygens (including phenoxy) is 1. The van der Waals surface area contributed by atoms with E-state index in [1.165, 1.54) is 13.2 Å². The first kappa shape index (κ1) is 14.3. The summed E-state index contributed by atoms with van der Waals surface area (Å²) in [5.41, 5.74) is 0.649. The molecule has 0 radical (unpaired) electrons. The SMILES string of the molecule is COc1ccc(CC(=O)N2CC3CCC(O)C3C2)cc1F. The van der Waals surface area contributed by atoms with E-state index in [4.69, 9.17) is 4.74 Å². The highest BCUT2D eigenvalue weighted by molar-refractivity contribution is 5.79. The number of nitrogens with zero attached hydrogens (tertiary/aromatic N) is 1. The second-order valence-electron chi connectivity index (χ2n) is 6.01. The molecule has 3 unspecified atom stereocenters. The van der Waals surface area contributed by atoms with E-state index in [1.807, 2.05) is 0 Å². The van der Waals surface area contributed by atoms with Gasteiger partial charge in [0.05, 0.1) is 19.6 Å². The molecule has 2 fully saturated rings. The monoisotopic (exact) mass is 293 g/mol. The molecule has 4 nitrogen and oxygen atoms in total. The quantitative estimate of drug-likeness (QED) is 0.921. The van der Waals surface area contributed by atoms with Gasteiger partial charge in [0.2, 0.25) is 5.91 Å². The lowest BCUT2D eigenvalue weighted by atomic mass is 10.00. The molecule has 0 bridgehead atoms. The molecule has 2 aliphatic rings. The van der Waals surface area contributed by atoms with Gasteiger partial charge in [-0.25, -0.2) is 4.39 Å². The van der Waals surface area contributed by atoms with Gasteiger partial charge in [0.1, 0.15) is 0 Å². The zero-order chi connectivity index (χ0) is 15.0. The Balaban J connectivity index is 1.63. The lowest BCUT2D eigenvalue weighted by Gasteiger charge is -2.18. The molecule has 5 heteroatoms. The summed E-state index contributed by atoms with van der Waals surface area (Å²) in [5, 5.41) is 9.88. The van der Waals surface area contributed by atoms with E-state index in [1.54, 1.807) is 17.0 Å². The van der Waals surface area contributed by atoms with Crippen molar-refractivity contribution in [2.24, 2.45) is 11.8 Å². The minimum absolute atomic E-state index is 0.00108. The molecule has 3 rings (SSSR count). The molecule has 21 heavy (non-hydrogen) atoms. The number of methoxy groups -OCH3 is 1. The van der Waals surface area contributed by atoms with E-state index in [-0.39, 0.29) is 30.1 Å². The van der Waals surface area contributed by atoms with Gasteiger partial charge in [-0.3, -0.25) is 4.79 Å². The first-order valence-corrected chi connectivity index (χ1v) is 7.36. The summed E-state index contributed by atoms with van der Waals surface area (Å²) in [6.45, 7) is 1.35. The molecule has 1 amide bonds. The molecule has 114 valence electrons. The normalized spacial score (nSPS) is 27.8. The largest absolute Gasteiger partial charge is 0.494 e. The lowest BCUT2D eigenvalue weighted by Crippen LogP contribution is -2.32. The van der Waals surface area contributed by atoms with Gasteiger partial charge in [-0.1, -0.05) is 6.07 Å². The Morgan fingerprint density at radius 2 is 2.24 bits per heavy atom. The van der Waals surface area contributed by atoms with Gasteiger partial charge >= 0.3 is 0 Å². The maximum Gasteiger partial charge on any atom is 0.227 e. The van der Waals surface area contributed by atoms with Crippen molar-refractivity contribution in [3.05, 3.63) is 29.6 Å². The number of fused-ring (bicyclic) bond motifs is 1. The maximum absolute atomic E-state index is 13.6. The van der Waals surface area contributed by atoms with Gasteiger partial charge in [0.25, 0.3) is 0 Å². The fourth-order valence-corrected chi connectivity index (χ4v) is 3.55. The molecule has 1 saturated carbocycles. The first-order chi connectivity index (χ1) is 10.1. The highest BCUT2D eigenvalue weighted by atomic mass is 19.1. The van der Waals surface area contributed by atoms with Crippen LogP contribution in [0.15, 0.2) is 18.2 Å². The zero-order valence-corrected chi connectivity index (χ0v) is 12.1. The molecule has 1 aliphatic heterocycles. The van der Waals surface area contributed by atoms with Gasteiger partial charge in [0, 0.05) is 19.0 Å². The van der Waals surface area contributed by atoms with Crippen LogP contribution in [0.1, 0.15) is 18.4 Å². The van der Waals surface area contributed by atoms with E-state index in [9.17, 15) is 14.3 Å². The minimum Gasteiger partial charge on any atom is -0.494 e. The Hall–Kier alpha value is -1.62. The summed E-state index contributed by atoms with van der Waals surface area (Å²) in [5.74, 6) is 0.390. The molecule has 3 atom stereocenters. The van der Waals surface area contributed by atoms with Crippen molar-refractivity contribution in [2.75, 3.05) is 20.2 Å². The zero-order valence-electron chi connectivity index (χ0n) is 12.1. The van der Waals surface area contributed by atoms with Crippen molar-refractivity contribution in [3.8, 4) is 5.75 Å². The Morgan fingerprint density at radius 3 is 2.90 bits per heavy atom. The van der Waals surface area contributed by atoms with Crippen molar-refractivity contribution in [1.29, 1.82) is 0 Å². The number of likely N-dealkylation sites (tertiary alicyclic amines) is 1. The average molecular weight is 293 g/mol. The van der Waals surface area contributed by atoms with Crippen molar-refractivity contribution < 1.29 is 19.0 Å². The lowest BCUT2D eigenvalue weighted by molar-refractivity contribution is -0.129. The molecule has 1 N–H and O–H groups in total. The topological polar surface area (TPSA) is 49.8 Å². The summed E-state index contributed by atoms with van der Waals surface area (Å²) in [6.07, 6.45) is 1.76. The third-order valence-corrected chi connectivity index (χ3v) is 4.74. The number of rotatable bonds is 3. The molecular formula is C16H20FNO3. The summed E-state index contributed by atoms with van der Waals surface area (Å²) in [4.78, 5) is 14.1. The predicted molar refractivity (Wildman–Crippen MR) is 75.5 cm³/mol. The molecule has 1 saturated heterocycles. The molecule has 1 heterocycles. The van der Waals surface area contributed by atoms with Gasteiger partial charge in [-0.15, -0.1) is 0 Å². The first-order valence-electron chi connectivity index (χ1n) is 7.36. The summed E-state index contributed by atoms with van der Waals surface area (Å²) in [7, 11) is 1.41. The molecular weight excluding hydrogens is 273 g/mol. The van der Waals surface area contributed by atoms with Gasteiger partial charge in [0.15, 0.2) is 11.6 Å². The molecule has 0 spiro atoms. The highest BCUT2D eigenvalue weighted by Crippen LogP contribution is 2.38. The highest BCUT2D eigenvalue weighted by Gasteiger charge is 2.43. The second-order valence-corrected chi connectivity index (χ2v) is 6.01. The number of benzene rings is 1. The molecule has 0 aromatic heterocycles. The van der Waals surface area contributed by atoms with Gasteiger partial charge < -0.3 is 14.7 Å². The number of carbonyl (C=O) groups excluding carboxylic acids is 1. The smallest absolute Gasteiger partial charge is 0.227 e. The number of carbonyl (C=O) groups is 1. The van der Waals surface area contributed by atoms with E-state index in [0.29, 0.717) is 18.0 Å². The average Bonchev–Trinajstić information content (AvgIpc) is 3.02. The van der Waals surface area contributed by atoms with Crippen molar-refractivity contribution in [1.82, 2.24) is 4.90 Å². The van der Waals surface area contributed by atoms with E-state index in [2.05, 4.69) is 0 Å². The van der Waals surface area contributed by atoms with E-state index in [0.717, 1.165) is 19.4 Å². The number of aliphatic hydroxyl groups is 1. The van der Waals surface area contributed by atoms with Crippen molar-refractivity contribution in [3.63, 3.8) is 0 Å². The Kier molecular flexibility index (Phi) is 3.85. The molecule has 1 aromatic carbocycles. The van der Waals surface area contributed by atoms with E-state index < -0.39 is 5.82 Å². The predicted octanol–water partition coefficient (Wildman–Crippen LogP) is 1.61. The van der Waals surface area contributed by atoms with Crippen molar-refractivity contribution >= 4 is 5.91 Å². The van der Waals surface area contributed by atoms with Crippen LogP contribution in [0, 0.1) is 17.7 Å². The number of halogens is 1.